The number of aliphatic imine (C=N–C) groups is 1. The molecule has 2 amide bonds. The predicted molar refractivity (Wildman–Crippen MR) is 117 cm³/mol. The average Bonchev–Trinajstić information content (AvgIpc) is 2.80. The van der Waals surface area contributed by atoms with Crippen molar-refractivity contribution in [2.24, 2.45) is 10.1 Å². The fraction of sp³-hybridized carbons (Fsp3) is 0.0909. The molecule has 1 aromatic carbocycles. The van der Waals surface area contributed by atoms with Gasteiger partial charge in [-0.05, 0) is 42.5 Å². The van der Waals surface area contributed by atoms with E-state index in [1.165, 1.54) is 19.3 Å². The van der Waals surface area contributed by atoms with Gasteiger partial charge in [-0.25, -0.2) is 10.4 Å². The van der Waals surface area contributed by atoms with Crippen LogP contribution in [0.3, 0.4) is 0 Å². The third-order valence-corrected chi connectivity index (χ3v) is 3.82. The molecule has 3 rings (SSSR count). The van der Waals surface area contributed by atoms with E-state index in [1.807, 2.05) is 6.07 Å². The van der Waals surface area contributed by atoms with E-state index in [1.54, 1.807) is 61.1 Å². The van der Waals surface area contributed by atoms with Crippen LogP contribution in [0.1, 0.15) is 22.8 Å². The minimum absolute atomic E-state index is 0.00682. The summed E-state index contributed by atoms with van der Waals surface area (Å²) in [5.74, 6) is 0.255. The highest BCUT2D eigenvalue weighted by molar-refractivity contribution is 5.98. The number of pyridine rings is 2. The van der Waals surface area contributed by atoms with Crippen LogP contribution in [0.25, 0.3) is 0 Å². The highest BCUT2D eigenvalue weighted by Gasteiger charge is 2.06. The number of aromatic nitrogens is 2. The van der Waals surface area contributed by atoms with Gasteiger partial charge in [0.15, 0.2) is 5.84 Å². The van der Waals surface area contributed by atoms with Crippen LogP contribution in [0, 0.1) is 0 Å². The SMILES string of the molecule is CC(=O)Nc1ccc(OC/C(N=Cc2cccnc2)=N/NC(=O)c2ccncc2)cc1. The van der Waals surface area contributed by atoms with E-state index in [0.717, 1.165) is 5.56 Å². The molecule has 0 unspecified atom stereocenters. The van der Waals surface area contributed by atoms with E-state index >= 15 is 0 Å². The predicted octanol–water partition coefficient (Wildman–Crippen LogP) is 2.68. The number of benzene rings is 1. The molecule has 0 fully saturated rings. The first kappa shape index (κ1) is 21.3. The Morgan fingerprint density at radius 1 is 1.03 bits per heavy atom. The van der Waals surface area contributed by atoms with E-state index in [0.29, 0.717) is 17.0 Å². The lowest BCUT2D eigenvalue weighted by Crippen LogP contribution is -2.21. The summed E-state index contributed by atoms with van der Waals surface area (Å²) in [4.78, 5) is 35.6. The van der Waals surface area contributed by atoms with Gasteiger partial charge in [0.05, 0.1) is 0 Å². The summed E-state index contributed by atoms with van der Waals surface area (Å²) in [6.45, 7) is 1.44. The molecule has 0 atom stereocenters. The molecule has 9 heteroatoms. The molecule has 31 heavy (non-hydrogen) atoms. The van der Waals surface area contributed by atoms with Gasteiger partial charge in [-0.2, -0.15) is 5.10 Å². The van der Waals surface area contributed by atoms with Crippen LogP contribution < -0.4 is 15.5 Å². The minimum Gasteiger partial charge on any atom is -0.486 e. The molecule has 0 aliphatic rings. The highest BCUT2D eigenvalue weighted by atomic mass is 16.5. The van der Waals surface area contributed by atoms with Gasteiger partial charge in [-0.1, -0.05) is 6.07 Å². The molecule has 0 saturated heterocycles. The zero-order valence-electron chi connectivity index (χ0n) is 16.7. The molecule has 9 nitrogen and oxygen atoms in total. The number of hydrogen-bond acceptors (Lipinski definition) is 6. The quantitative estimate of drug-likeness (QED) is 0.349. The number of carbonyl (C=O) groups is 2. The number of rotatable bonds is 7. The fourth-order valence-electron chi connectivity index (χ4n) is 2.37. The second kappa shape index (κ2) is 11.0. The van der Waals surface area contributed by atoms with Gasteiger partial charge in [-0.15, -0.1) is 0 Å². The zero-order valence-corrected chi connectivity index (χ0v) is 16.7. The molecule has 0 aliphatic carbocycles. The number of carbonyl (C=O) groups excluding carboxylic acids is 2. The maximum Gasteiger partial charge on any atom is 0.271 e. The molecule has 2 aromatic heterocycles. The van der Waals surface area contributed by atoms with Crippen molar-refractivity contribution in [2.75, 3.05) is 11.9 Å². The molecule has 0 bridgehead atoms. The molecule has 3 aromatic rings. The number of anilines is 1. The number of amides is 2. The van der Waals surface area contributed by atoms with Crippen molar-refractivity contribution in [2.45, 2.75) is 6.92 Å². The number of hydrazone groups is 1. The molecular formula is C22H20N6O3. The van der Waals surface area contributed by atoms with Crippen LogP contribution in [0.5, 0.6) is 5.75 Å². The highest BCUT2D eigenvalue weighted by Crippen LogP contribution is 2.15. The Bertz CT molecular complexity index is 1070. The average molecular weight is 416 g/mol. The van der Waals surface area contributed by atoms with Crippen LogP contribution in [0.2, 0.25) is 0 Å². The molecule has 0 aliphatic heterocycles. The minimum atomic E-state index is -0.392. The monoisotopic (exact) mass is 416 g/mol. The Labute approximate surface area is 178 Å². The van der Waals surface area contributed by atoms with E-state index in [2.05, 4.69) is 30.8 Å². The molecule has 156 valence electrons. The van der Waals surface area contributed by atoms with Crippen molar-refractivity contribution in [3.8, 4) is 5.75 Å². The first-order valence-electron chi connectivity index (χ1n) is 9.31. The molecule has 2 heterocycles. The Balaban J connectivity index is 1.69. The van der Waals surface area contributed by atoms with E-state index in [9.17, 15) is 9.59 Å². The van der Waals surface area contributed by atoms with Gasteiger partial charge < -0.3 is 10.1 Å². The smallest absolute Gasteiger partial charge is 0.271 e. The Morgan fingerprint density at radius 2 is 1.81 bits per heavy atom. The first-order chi connectivity index (χ1) is 15.1. The second-order valence-electron chi connectivity index (χ2n) is 6.24. The van der Waals surface area contributed by atoms with Gasteiger partial charge in [0, 0.05) is 54.7 Å². The van der Waals surface area contributed by atoms with E-state index in [-0.39, 0.29) is 18.3 Å². The number of hydrogen-bond donors (Lipinski definition) is 2. The topological polar surface area (TPSA) is 118 Å². The number of amidine groups is 1. The summed E-state index contributed by atoms with van der Waals surface area (Å²) in [6.07, 6.45) is 7.93. The lowest BCUT2D eigenvalue weighted by atomic mass is 10.3. The number of ether oxygens (including phenoxy) is 1. The molecule has 2 N–H and O–H groups in total. The summed E-state index contributed by atoms with van der Waals surface area (Å²) in [7, 11) is 0. The second-order valence-corrected chi connectivity index (χ2v) is 6.24. The molecule has 0 spiro atoms. The van der Waals surface area contributed by atoms with Crippen molar-refractivity contribution in [1.82, 2.24) is 15.4 Å². The van der Waals surface area contributed by atoms with E-state index < -0.39 is 5.91 Å². The summed E-state index contributed by atoms with van der Waals surface area (Å²) in [6, 6.07) is 13.6. The Hall–Kier alpha value is -4.40. The normalized spacial score (nSPS) is 11.2. The van der Waals surface area contributed by atoms with Gasteiger partial charge >= 0.3 is 0 Å². The lowest BCUT2D eigenvalue weighted by molar-refractivity contribution is -0.114. The molecule has 0 saturated carbocycles. The zero-order chi connectivity index (χ0) is 21.9. The van der Waals surface area contributed by atoms with Gasteiger partial charge in [0.1, 0.15) is 12.4 Å². The maximum atomic E-state index is 12.2. The molecular weight excluding hydrogens is 396 g/mol. The molecule has 0 radical (unpaired) electrons. The van der Waals surface area contributed by atoms with Gasteiger partial charge in [0.2, 0.25) is 5.91 Å². The van der Waals surface area contributed by atoms with Crippen molar-refractivity contribution < 1.29 is 14.3 Å². The van der Waals surface area contributed by atoms with Crippen LogP contribution in [0.15, 0.2) is 83.4 Å². The van der Waals surface area contributed by atoms with Gasteiger partial charge in [-0.3, -0.25) is 19.6 Å². The van der Waals surface area contributed by atoms with Crippen molar-refractivity contribution in [3.05, 3.63) is 84.4 Å². The van der Waals surface area contributed by atoms with Gasteiger partial charge in [0.25, 0.3) is 5.91 Å². The third kappa shape index (κ3) is 7.17. The summed E-state index contributed by atoms with van der Waals surface area (Å²) in [5, 5.41) is 6.77. The third-order valence-electron chi connectivity index (χ3n) is 3.82. The number of nitrogens with zero attached hydrogens (tertiary/aromatic N) is 4. The van der Waals surface area contributed by atoms with Crippen molar-refractivity contribution in [3.63, 3.8) is 0 Å². The Morgan fingerprint density at radius 3 is 2.48 bits per heavy atom. The van der Waals surface area contributed by atoms with Crippen molar-refractivity contribution in [1.29, 1.82) is 0 Å². The van der Waals surface area contributed by atoms with Crippen LogP contribution >= 0.6 is 0 Å². The van der Waals surface area contributed by atoms with Crippen molar-refractivity contribution >= 4 is 29.6 Å². The summed E-state index contributed by atoms with van der Waals surface area (Å²) in [5.41, 5.74) is 4.32. The first-order valence-corrected chi connectivity index (χ1v) is 9.31. The summed E-state index contributed by atoms with van der Waals surface area (Å²) < 4.78 is 5.72. The maximum absolute atomic E-state index is 12.2. The largest absolute Gasteiger partial charge is 0.486 e. The number of nitrogens with one attached hydrogen (secondary N) is 2. The van der Waals surface area contributed by atoms with Crippen LogP contribution in [-0.2, 0) is 4.79 Å². The standard InChI is InChI=1S/C22H20N6O3/c1-16(29)26-19-4-6-20(7-5-19)31-15-21(25-14-17-3-2-10-24-13-17)27-28-22(30)18-8-11-23-12-9-18/h2-14H,15H2,1H3,(H,26,29)(H,28,30)/b25-14?,27-21-. The van der Waals surface area contributed by atoms with Crippen LogP contribution in [0.4, 0.5) is 5.69 Å². The Kier molecular flexibility index (Phi) is 7.53. The van der Waals surface area contributed by atoms with Crippen LogP contribution in [-0.4, -0.2) is 40.4 Å². The van der Waals surface area contributed by atoms with E-state index in [4.69, 9.17) is 4.74 Å². The fourth-order valence-corrected chi connectivity index (χ4v) is 2.37. The lowest BCUT2D eigenvalue weighted by Gasteiger charge is -2.08. The summed E-state index contributed by atoms with van der Waals surface area (Å²) >= 11 is 0.